The van der Waals surface area contributed by atoms with Crippen molar-refractivity contribution in [1.29, 1.82) is 0 Å². The Morgan fingerprint density at radius 1 is 1.25 bits per heavy atom. The second kappa shape index (κ2) is 5.90. The van der Waals surface area contributed by atoms with E-state index in [1.165, 1.54) is 31.5 Å². The van der Waals surface area contributed by atoms with Gasteiger partial charge in [-0.1, -0.05) is 24.6 Å². The number of para-hydroxylation sites is 1. The molecule has 1 saturated heterocycles. The van der Waals surface area contributed by atoms with Crippen LogP contribution in [0.3, 0.4) is 0 Å². The number of rotatable bonds is 4. The molecule has 88 valence electrons. The van der Waals surface area contributed by atoms with Crippen LogP contribution in [0.4, 0.5) is 5.69 Å². The van der Waals surface area contributed by atoms with Crippen LogP contribution < -0.4 is 5.32 Å². The maximum absolute atomic E-state index is 3.47. The van der Waals surface area contributed by atoms with Crippen molar-refractivity contribution in [2.45, 2.75) is 32.2 Å². The quantitative estimate of drug-likeness (QED) is 0.836. The van der Waals surface area contributed by atoms with Gasteiger partial charge in [0.2, 0.25) is 0 Å². The number of anilines is 1. The maximum Gasteiger partial charge on any atom is 0.0340 e. The van der Waals surface area contributed by atoms with Gasteiger partial charge in [-0.25, -0.2) is 0 Å². The van der Waals surface area contributed by atoms with E-state index in [1.807, 2.05) is 0 Å². The molecule has 0 bridgehead atoms. The highest BCUT2D eigenvalue weighted by molar-refractivity contribution is 5.42. The lowest BCUT2D eigenvalue weighted by molar-refractivity contribution is 0.167. The fourth-order valence-electron chi connectivity index (χ4n) is 2.39. The third-order valence-electron chi connectivity index (χ3n) is 3.44. The van der Waals surface area contributed by atoms with Crippen LogP contribution in [0.2, 0.25) is 0 Å². The Bertz CT molecular complexity index is 297. The van der Waals surface area contributed by atoms with Gasteiger partial charge in [0.15, 0.2) is 0 Å². The van der Waals surface area contributed by atoms with Gasteiger partial charge in [0.25, 0.3) is 0 Å². The molecule has 0 saturated carbocycles. The molecule has 0 radical (unpaired) electrons. The van der Waals surface area contributed by atoms with E-state index in [4.69, 9.17) is 0 Å². The zero-order valence-electron chi connectivity index (χ0n) is 10.2. The monoisotopic (exact) mass is 218 g/mol. The van der Waals surface area contributed by atoms with E-state index in [0.29, 0.717) is 0 Å². The average Bonchev–Trinajstić information content (AvgIpc) is 2.33. The lowest BCUT2D eigenvalue weighted by Crippen LogP contribution is -2.40. The summed E-state index contributed by atoms with van der Waals surface area (Å²) in [7, 11) is 0. The molecule has 1 aliphatic rings. The van der Waals surface area contributed by atoms with Crippen molar-refractivity contribution in [1.82, 2.24) is 4.90 Å². The summed E-state index contributed by atoms with van der Waals surface area (Å²) < 4.78 is 0. The SMILES string of the molecule is CC1CCCCN1CCNc1ccccc1. The van der Waals surface area contributed by atoms with E-state index in [1.54, 1.807) is 0 Å². The van der Waals surface area contributed by atoms with Gasteiger partial charge in [0.05, 0.1) is 0 Å². The Labute approximate surface area is 98.7 Å². The van der Waals surface area contributed by atoms with E-state index >= 15 is 0 Å². The lowest BCUT2D eigenvalue weighted by atomic mass is 10.0. The van der Waals surface area contributed by atoms with Crippen LogP contribution in [0.1, 0.15) is 26.2 Å². The minimum atomic E-state index is 0.770. The Hall–Kier alpha value is -1.02. The van der Waals surface area contributed by atoms with Crippen molar-refractivity contribution in [2.24, 2.45) is 0 Å². The van der Waals surface area contributed by atoms with E-state index in [9.17, 15) is 0 Å². The Morgan fingerprint density at radius 3 is 2.81 bits per heavy atom. The minimum Gasteiger partial charge on any atom is -0.384 e. The fraction of sp³-hybridized carbons (Fsp3) is 0.571. The standard InChI is InChI=1S/C14H22N2/c1-13-7-5-6-11-16(13)12-10-15-14-8-3-2-4-9-14/h2-4,8-9,13,15H,5-7,10-12H2,1H3. The van der Waals surface area contributed by atoms with Crippen molar-refractivity contribution < 1.29 is 0 Å². The second-order valence-corrected chi connectivity index (χ2v) is 4.67. The Morgan fingerprint density at radius 2 is 2.06 bits per heavy atom. The van der Waals surface area contributed by atoms with E-state index in [0.717, 1.165) is 19.1 Å². The number of likely N-dealkylation sites (tertiary alicyclic amines) is 1. The first-order valence-corrected chi connectivity index (χ1v) is 6.39. The zero-order chi connectivity index (χ0) is 11.2. The third-order valence-corrected chi connectivity index (χ3v) is 3.44. The van der Waals surface area contributed by atoms with Crippen LogP contribution in [-0.4, -0.2) is 30.6 Å². The molecule has 1 aliphatic heterocycles. The van der Waals surface area contributed by atoms with Crippen molar-refractivity contribution >= 4 is 5.69 Å². The van der Waals surface area contributed by atoms with Crippen molar-refractivity contribution in [3.63, 3.8) is 0 Å². The molecule has 2 nitrogen and oxygen atoms in total. The van der Waals surface area contributed by atoms with Crippen LogP contribution >= 0.6 is 0 Å². The molecule has 0 amide bonds. The summed E-state index contributed by atoms with van der Waals surface area (Å²) in [5, 5.41) is 3.47. The average molecular weight is 218 g/mol. The summed E-state index contributed by atoms with van der Waals surface area (Å²) in [4.78, 5) is 2.60. The number of nitrogens with zero attached hydrogens (tertiary/aromatic N) is 1. The minimum absolute atomic E-state index is 0.770. The molecular formula is C14H22N2. The number of nitrogens with one attached hydrogen (secondary N) is 1. The van der Waals surface area contributed by atoms with Crippen LogP contribution in [0.15, 0.2) is 30.3 Å². The molecule has 1 fully saturated rings. The summed E-state index contributed by atoms with van der Waals surface area (Å²) in [5.74, 6) is 0. The molecule has 1 atom stereocenters. The normalized spacial score (nSPS) is 21.9. The summed E-state index contributed by atoms with van der Waals surface area (Å²) in [6.45, 7) is 5.84. The Kier molecular flexibility index (Phi) is 4.23. The van der Waals surface area contributed by atoms with E-state index in [-0.39, 0.29) is 0 Å². The highest BCUT2D eigenvalue weighted by Gasteiger charge is 2.16. The van der Waals surface area contributed by atoms with Crippen LogP contribution in [0.5, 0.6) is 0 Å². The van der Waals surface area contributed by atoms with Crippen LogP contribution in [-0.2, 0) is 0 Å². The van der Waals surface area contributed by atoms with Crippen LogP contribution in [0.25, 0.3) is 0 Å². The van der Waals surface area contributed by atoms with Gasteiger partial charge in [-0.15, -0.1) is 0 Å². The maximum atomic E-state index is 3.47. The third kappa shape index (κ3) is 3.24. The molecule has 0 aliphatic carbocycles. The predicted octanol–water partition coefficient (Wildman–Crippen LogP) is 2.97. The molecule has 1 heterocycles. The topological polar surface area (TPSA) is 15.3 Å². The smallest absolute Gasteiger partial charge is 0.0340 e. The molecule has 1 aromatic rings. The largest absolute Gasteiger partial charge is 0.384 e. The first-order valence-electron chi connectivity index (χ1n) is 6.39. The van der Waals surface area contributed by atoms with Gasteiger partial charge in [-0.05, 0) is 38.4 Å². The second-order valence-electron chi connectivity index (χ2n) is 4.67. The van der Waals surface area contributed by atoms with Crippen LogP contribution in [0, 0.1) is 0 Å². The molecule has 1 unspecified atom stereocenters. The van der Waals surface area contributed by atoms with Crippen molar-refractivity contribution in [2.75, 3.05) is 25.0 Å². The molecular weight excluding hydrogens is 196 g/mol. The summed E-state index contributed by atoms with van der Waals surface area (Å²) >= 11 is 0. The molecule has 0 aromatic heterocycles. The fourth-order valence-corrected chi connectivity index (χ4v) is 2.39. The Balaban J connectivity index is 1.71. The van der Waals surface area contributed by atoms with E-state index in [2.05, 4.69) is 47.5 Å². The van der Waals surface area contributed by atoms with Crippen molar-refractivity contribution in [3.8, 4) is 0 Å². The molecule has 0 spiro atoms. The van der Waals surface area contributed by atoms with Crippen molar-refractivity contribution in [3.05, 3.63) is 30.3 Å². The number of benzene rings is 1. The lowest BCUT2D eigenvalue weighted by Gasteiger charge is -2.33. The van der Waals surface area contributed by atoms with Gasteiger partial charge in [-0.3, -0.25) is 4.90 Å². The van der Waals surface area contributed by atoms with Gasteiger partial charge in [0, 0.05) is 24.8 Å². The van der Waals surface area contributed by atoms with Gasteiger partial charge in [-0.2, -0.15) is 0 Å². The number of hydrogen-bond donors (Lipinski definition) is 1. The molecule has 2 rings (SSSR count). The first-order chi connectivity index (χ1) is 7.86. The molecule has 2 heteroatoms. The van der Waals surface area contributed by atoms with Gasteiger partial charge < -0.3 is 5.32 Å². The summed E-state index contributed by atoms with van der Waals surface area (Å²) in [6.07, 6.45) is 4.14. The van der Waals surface area contributed by atoms with Gasteiger partial charge in [0.1, 0.15) is 0 Å². The molecule has 1 aromatic carbocycles. The molecule has 16 heavy (non-hydrogen) atoms. The highest BCUT2D eigenvalue weighted by Crippen LogP contribution is 2.15. The number of hydrogen-bond acceptors (Lipinski definition) is 2. The summed E-state index contributed by atoms with van der Waals surface area (Å²) in [6, 6.07) is 11.2. The molecule has 1 N–H and O–H groups in total. The van der Waals surface area contributed by atoms with Gasteiger partial charge >= 0.3 is 0 Å². The predicted molar refractivity (Wildman–Crippen MR) is 69.8 cm³/mol. The van der Waals surface area contributed by atoms with E-state index < -0.39 is 0 Å². The number of piperidine rings is 1. The highest BCUT2D eigenvalue weighted by atomic mass is 15.2. The first kappa shape index (κ1) is 11.5. The summed E-state index contributed by atoms with van der Waals surface area (Å²) in [5.41, 5.74) is 1.23. The zero-order valence-corrected chi connectivity index (χ0v) is 10.2.